The molecule has 4 rings (SSSR count). The summed E-state index contributed by atoms with van der Waals surface area (Å²) in [6.07, 6.45) is -1.76. The first-order valence-electron chi connectivity index (χ1n) is 10.9. The maximum Gasteiger partial charge on any atom is 0.416 e. The van der Waals surface area contributed by atoms with Crippen LogP contribution in [-0.2, 0) is 12.8 Å². The van der Waals surface area contributed by atoms with Crippen LogP contribution in [0.4, 0.5) is 18.0 Å². The zero-order valence-electron chi connectivity index (χ0n) is 18.8. The van der Waals surface area contributed by atoms with E-state index in [2.05, 4.69) is 10.3 Å². The molecule has 1 aliphatic heterocycles. The molecular formula is C27H22ClF3N2O2. The van der Waals surface area contributed by atoms with Gasteiger partial charge in [-0.2, -0.15) is 18.2 Å². The van der Waals surface area contributed by atoms with E-state index in [9.17, 15) is 18.0 Å². The lowest BCUT2D eigenvalue weighted by Crippen LogP contribution is -2.22. The van der Waals surface area contributed by atoms with Crippen molar-refractivity contribution in [1.82, 2.24) is 5.32 Å². The van der Waals surface area contributed by atoms with Gasteiger partial charge in [-0.3, -0.25) is 0 Å². The highest BCUT2D eigenvalue weighted by atomic mass is 35.5. The number of ether oxygens (including phenoxy) is 1. The predicted octanol–water partition coefficient (Wildman–Crippen LogP) is 7.58. The van der Waals surface area contributed by atoms with E-state index in [1.807, 2.05) is 37.3 Å². The minimum atomic E-state index is -4.43. The number of carbonyl (C=O) groups is 1. The summed E-state index contributed by atoms with van der Waals surface area (Å²) >= 11 is 6.48. The zero-order valence-corrected chi connectivity index (χ0v) is 19.6. The van der Waals surface area contributed by atoms with E-state index in [4.69, 9.17) is 16.3 Å². The van der Waals surface area contributed by atoms with E-state index < -0.39 is 17.8 Å². The highest BCUT2D eigenvalue weighted by molar-refractivity contribution is 6.32. The number of halogens is 4. The van der Waals surface area contributed by atoms with Crippen molar-refractivity contribution in [1.29, 1.82) is 0 Å². The molecule has 0 aromatic heterocycles. The van der Waals surface area contributed by atoms with E-state index in [-0.39, 0.29) is 0 Å². The lowest BCUT2D eigenvalue weighted by molar-refractivity contribution is -0.137. The molecule has 3 aromatic carbocycles. The minimum Gasteiger partial charge on any atom is -0.488 e. The Morgan fingerprint density at radius 2 is 1.74 bits per heavy atom. The molecule has 0 bridgehead atoms. The second kappa shape index (κ2) is 10.4. The van der Waals surface area contributed by atoms with E-state index in [1.165, 1.54) is 12.1 Å². The molecule has 0 aliphatic carbocycles. The van der Waals surface area contributed by atoms with Crippen molar-refractivity contribution in [2.75, 3.05) is 0 Å². The minimum absolute atomic E-state index is 0.324. The first-order chi connectivity index (χ1) is 16.7. The van der Waals surface area contributed by atoms with Gasteiger partial charge >= 0.3 is 12.2 Å². The molecule has 0 saturated carbocycles. The van der Waals surface area contributed by atoms with Crippen LogP contribution in [0.2, 0.25) is 5.02 Å². The van der Waals surface area contributed by atoms with Gasteiger partial charge in [0.05, 0.1) is 27.6 Å². The summed E-state index contributed by atoms with van der Waals surface area (Å²) in [6, 6.07) is 17.2. The van der Waals surface area contributed by atoms with E-state index in [0.29, 0.717) is 52.8 Å². The third-order valence-electron chi connectivity index (χ3n) is 5.51. The van der Waals surface area contributed by atoms with Gasteiger partial charge in [-0.15, -0.1) is 0 Å². The molecule has 180 valence electrons. The molecule has 1 N–H and O–H groups in total. The van der Waals surface area contributed by atoms with Crippen LogP contribution in [0.1, 0.15) is 40.7 Å². The van der Waals surface area contributed by atoms with Gasteiger partial charge in [-0.1, -0.05) is 65.7 Å². The van der Waals surface area contributed by atoms with Crippen LogP contribution in [0.5, 0.6) is 5.75 Å². The van der Waals surface area contributed by atoms with Crippen LogP contribution in [0.25, 0.3) is 5.70 Å². The zero-order chi connectivity index (χ0) is 25.0. The largest absolute Gasteiger partial charge is 0.488 e. The summed E-state index contributed by atoms with van der Waals surface area (Å²) in [7, 11) is 0. The number of hydrogen-bond acceptors (Lipinski definition) is 2. The van der Waals surface area contributed by atoms with Crippen LogP contribution in [0.3, 0.4) is 0 Å². The van der Waals surface area contributed by atoms with Crippen molar-refractivity contribution in [3.63, 3.8) is 0 Å². The maximum atomic E-state index is 12.9. The molecule has 0 unspecified atom stereocenters. The average molecular weight is 499 g/mol. The fourth-order valence-corrected chi connectivity index (χ4v) is 3.95. The Morgan fingerprint density at radius 3 is 2.43 bits per heavy atom. The second-order valence-corrected chi connectivity index (χ2v) is 8.51. The fraction of sp³-hybridized carbons (Fsp3) is 0.185. The molecule has 35 heavy (non-hydrogen) atoms. The topological polar surface area (TPSA) is 50.7 Å². The number of amides is 2. The third kappa shape index (κ3) is 6.11. The summed E-state index contributed by atoms with van der Waals surface area (Å²) in [6.45, 7) is 2.33. The summed E-state index contributed by atoms with van der Waals surface area (Å²) in [5.74, 6) is 0.511. The molecule has 1 aliphatic rings. The quantitative estimate of drug-likeness (QED) is 0.394. The number of benzene rings is 3. The Kier molecular flexibility index (Phi) is 7.26. The first-order valence-corrected chi connectivity index (χ1v) is 11.3. The van der Waals surface area contributed by atoms with Gasteiger partial charge in [0.15, 0.2) is 0 Å². The summed E-state index contributed by atoms with van der Waals surface area (Å²) in [4.78, 5) is 16.8. The number of urea groups is 1. The van der Waals surface area contributed by atoms with E-state index >= 15 is 0 Å². The Labute approximate surface area is 206 Å². The molecule has 0 fully saturated rings. The molecule has 0 spiro atoms. The fourth-order valence-electron chi connectivity index (χ4n) is 3.68. The first kappa shape index (κ1) is 24.5. The number of carbonyl (C=O) groups excluding carboxylic acids is 1. The van der Waals surface area contributed by atoms with Gasteiger partial charge in [0.25, 0.3) is 0 Å². The highest BCUT2D eigenvalue weighted by Gasteiger charge is 2.30. The molecule has 0 atom stereocenters. The number of aliphatic imine (C=N–C) groups is 1. The number of hydrogen-bond donors (Lipinski definition) is 1. The average Bonchev–Trinajstić information content (AvgIpc) is 2.80. The van der Waals surface area contributed by atoms with Crippen molar-refractivity contribution in [3.05, 3.63) is 106 Å². The van der Waals surface area contributed by atoms with Gasteiger partial charge in [0.1, 0.15) is 12.4 Å². The van der Waals surface area contributed by atoms with Crippen LogP contribution in [-0.4, -0.2) is 11.7 Å². The Morgan fingerprint density at radius 1 is 1.03 bits per heavy atom. The lowest BCUT2D eigenvalue weighted by Gasteiger charge is -2.18. The Balaban J connectivity index is 1.53. The summed E-state index contributed by atoms with van der Waals surface area (Å²) in [5, 5.41) is 3.16. The van der Waals surface area contributed by atoms with E-state index in [0.717, 1.165) is 23.3 Å². The number of alkyl halides is 3. The number of nitrogens with one attached hydrogen (secondary N) is 1. The van der Waals surface area contributed by atoms with Gasteiger partial charge in [-0.05, 0) is 55.2 Å². The number of allylic oxidation sites excluding steroid dienone is 1. The van der Waals surface area contributed by atoms with Gasteiger partial charge in [0.2, 0.25) is 0 Å². The molecule has 3 aromatic rings. The molecule has 1 heterocycles. The molecule has 8 heteroatoms. The van der Waals surface area contributed by atoms with Crippen LogP contribution in [0.15, 0.2) is 77.8 Å². The molecule has 0 radical (unpaired) electrons. The Hall–Kier alpha value is -3.58. The molecule has 0 saturated heterocycles. The predicted molar refractivity (Wildman–Crippen MR) is 131 cm³/mol. The monoisotopic (exact) mass is 498 g/mol. The van der Waals surface area contributed by atoms with Crippen molar-refractivity contribution >= 4 is 29.0 Å². The lowest BCUT2D eigenvalue weighted by atomic mass is 10.0. The summed E-state index contributed by atoms with van der Waals surface area (Å²) < 4.78 is 44.6. The van der Waals surface area contributed by atoms with Crippen molar-refractivity contribution in [3.8, 4) is 5.75 Å². The number of aryl methyl sites for hydroxylation is 1. The number of nitrogens with zero attached hydrogens (tertiary/aromatic N) is 1. The van der Waals surface area contributed by atoms with Crippen molar-refractivity contribution in [2.45, 2.75) is 32.5 Å². The molecule has 2 amide bonds. The smallest absolute Gasteiger partial charge is 0.416 e. The number of rotatable bonds is 5. The SMILES string of the molecule is Cc1ccc(COc2cccc(Cl)c2C2=CCCC(c3ccc(C(F)(F)F)cc3)=NC(=O)N2)cc1. The van der Waals surface area contributed by atoms with Gasteiger partial charge in [-0.25, -0.2) is 4.79 Å². The van der Waals surface area contributed by atoms with Gasteiger partial charge < -0.3 is 10.1 Å². The van der Waals surface area contributed by atoms with E-state index in [1.54, 1.807) is 18.2 Å². The summed E-state index contributed by atoms with van der Waals surface area (Å²) in [5.41, 5.74) is 3.26. The maximum absolute atomic E-state index is 12.9. The third-order valence-corrected chi connectivity index (χ3v) is 5.83. The van der Waals surface area contributed by atoms with Crippen molar-refractivity contribution in [2.24, 2.45) is 4.99 Å². The highest BCUT2D eigenvalue weighted by Crippen LogP contribution is 2.34. The standard InChI is InChI=1S/C27H22ClF3N2O2/c1-17-8-10-18(11-9-17)16-35-24-7-2-4-21(28)25(24)23-6-3-5-22(32-26(34)33-23)19-12-14-20(15-13-19)27(29,30)31/h2,4,6-15H,3,5,16H2,1H3,(H,33,34). The van der Waals surface area contributed by atoms with Crippen molar-refractivity contribution < 1.29 is 22.7 Å². The second-order valence-electron chi connectivity index (χ2n) is 8.11. The Bertz CT molecular complexity index is 1280. The van der Waals surface area contributed by atoms with Gasteiger partial charge in [0, 0.05) is 0 Å². The van der Waals surface area contributed by atoms with Crippen LogP contribution >= 0.6 is 11.6 Å². The van der Waals surface area contributed by atoms with Crippen LogP contribution in [0, 0.1) is 6.92 Å². The van der Waals surface area contributed by atoms with Crippen LogP contribution < -0.4 is 10.1 Å². The molecular weight excluding hydrogens is 477 g/mol. The molecule has 4 nitrogen and oxygen atoms in total. The normalized spacial score (nSPS) is 14.4.